The summed E-state index contributed by atoms with van der Waals surface area (Å²) in [6.07, 6.45) is 43.9. The maximum Gasteiger partial charge on any atom is 0.415 e. The van der Waals surface area contributed by atoms with Gasteiger partial charge in [-0.05, 0) is 316 Å². The number of hydrogen-bond donors (Lipinski definition) is 5. The molecule has 744 valence electrons. The van der Waals surface area contributed by atoms with Crippen molar-refractivity contribution in [2.45, 2.75) is 297 Å². The number of carbonyl (C=O) groups excluding carboxylic acids is 5. The standard InChI is InChI=1S/C33H52N4O4.C27H42N2O3.C26H40N2O3.C26H39NO3/c1-7-8-9-13-28-24-30(40-32(38)36-20-16-34(5)17-21-36)29(15-14-27(4)12-10-11-26(2)3)31(25-28)41-33(39)37-22-18-35(6)19-23-37;1-6-7-8-12-23-19-25(30)24(14-13-22(4)11-9-10-21(2)3)26(20-23)32-27(31)29-17-15-28(5)16-18-29;1-5-6-7-11-22-18-24(29)23(13-12-21(4)10-8-9-20(2)3)25(19-22)31-26(30)28-16-14-27-15-17-28;1-5-6-7-11-21-16-24(28)23(13-12-20(4)10-8-9-19(2)3)25(17-21)30-26(29)22-14-15-27-18-22/h11,14,24-25H,7-10,12-13,15-23H2,1-6H3;10,13,19-20,30H,6-9,11-12,14-18H2,1-5H3;9,12,18-19,27,29H,5-8,10-11,13-17H2,1-4H3;9,12,16-17,22,27-28H,5-8,10-11,13-15,18H2,1-4H3/b27-14+;22-13+;21-12+;20-12+. The van der Waals surface area contributed by atoms with Crippen LogP contribution in [0.15, 0.2) is 142 Å². The smallest absolute Gasteiger partial charge is 0.415 e. The highest BCUT2D eigenvalue weighted by molar-refractivity contribution is 5.77. The summed E-state index contributed by atoms with van der Waals surface area (Å²) in [5.41, 5.74) is 17.3. The summed E-state index contributed by atoms with van der Waals surface area (Å²) >= 11 is 0. The van der Waals surface area contributed by atoms with Crippen molar-refractivity contribution in [2.75, 3.05) is 139 Å². The van der Waals surface area contributed by atoms with E-state index in [4.69, 9.17) is 23.7 Å². The zero-order valence-electron chi connectivity index (χ0n) is 86.1. The van der Waals surface area contributed by atoms with Gasteiger partial charge in [-0.1, -0.05) is 172 Å². The van der Waals surface area contributed by atoms with Gasteiger partial charge >= 0.3 is 30.3 Å². The highest BCUT2D eigenvalue weighted by atomic mass is 16.6. The number of aromatic hydroxyl groups is 3. The molecule has 1 atom stereocenters. The molecule has 4 aromatic rings. The van der Waals surface area contributed by atoms with Gasteiger partial charge in [-0.25, -0.2) is 19.2 Å². The van der Waals surface area contributed by atoms with Crippen molar-refractivity contribution in [3.8, 4) is 46.0 Å². The van der Waals surface area contributed by atoms with Crippen LogP contribution < -0.4 is 34.3 Å². The maximum atomic E-state index is 13.3. The number of nitrogens with one attached hydrogen (secondary N) is 2. The van der Waals surface area contributed by atoms with Gasteiger partial charge in [0.15, 0.2) is 0 Å². The Morgan fingerprint density at radius 2 is 0.575 bits per heavy atom. The predicted octanol–water partition coefficient (Wildman–Crippen LogP) is 23.9. The Bertz CT molecular complexity index is 4460. The number of unbranched alkanes of at least 4 members (excludes halogenated alkanes) is 8. The van der Waals surface area contributed by atoms with E-state index in [0.717, 1.165) is 247 Å². The Balaban J connectivity index is 0.000000277. The van der Waals surface area contributed by atoms with Crippen molar-refractivity contribution in [3.63, 3.8) is 0 Å². The third kappa shape index (κ3) is 43.7. The number of ether oxygens (including phenoxy) is 5. The summed E-state index contributed by atoms with van der Waals surface area (Å²) in [6, 6.07) is 15.3. The SMILES string of the molecule is CCCCCc1cc(O)c(C/C=C(\C)CCC=C(C)C)c(OC(=O)C2CCNC2)c1.CCCCCc1cc(O)c(C/C=C(\C)CCC=C(C)C)c(OC(=O)N2CCN(C)CC2)c1.CCCCCc1cc(O)c(C/C=C(\C)CCC=C(C)C)c(OC(=O)N2CCNCC2)c1.CCCCCc1cc(OC(=O)N2CCN(C)CC2)c(C/C=C(\C)CCC=C(C)C)c(OC(=O)N2CCN(C)CC2)c1. The normalized spacial score (nSPS) is 15.8. The fourth-order valence-electron chi connectivity index (χ4n) is 16.3. The van der Waals surface area contributed by atoms with Crippen LogP contribution in [0, 0.1) is 5.92 Å². The molecule has 0 bridgehead atoms. The van der Waals surface area contributed by atoms with Crippen molar-refractivity contribution >= 4 is 30.3 Å². The third-order valence-corrected chi connectivity index (χ3v) is 25.3. The number of carbonyl (C=O) groups is 5. The van der Waals surface area contributed by atoms with E-state index in [9.17, 15) is 39.3 Å². The number of phenols is 3. The first-order chi connectivity index (χ1) is 64.3. The van der Waals surface area contributed by atoms with Gasteiger partial charge in [-0.3, -0.25) is 4.79 Å². The number of nitrogens with zero attached hydrogens (tertiary/aromatic N) is 7. The molecule has 4 amide bonds. The van der Waals surface area contributed by atoms with E-state index in [1.807, 2.05) is 48.5 Å². The summed E-state index contributed by atoms with van der Waals surface area (Å²) in [4.78, 5) is 78.4. The highest BCUT2D eigenvalue weighted by Crippen LogP contribution is 2.39. The second-order valence-corrected chi connectivity index (χ2v) is 38.7. The van der Waals surface area contributed by atoms with E-state index in [2.05, 4.69) is 206 Å². The van der Waals surface area contributed by atoms with Gasteiger partial charge < -0.3 is 83.9 Å². The summed E-state index contributed by atoms with van der Waals surface area (Å²) in [5.74, 6) is 2.85. The molecule has 5 fully saturated rings. The summed E-state index contributed by atoms with van der Waals surface area (Å²) in [7, 11) is 6.19. The third-order valence-electron chi connectivity index (χ3n) is 25.3. The molecule has 9 rings (SSSR count). The molecule has 22 nitrogen and oxygen atoms in total. The zero-order chi connectivity index (χ0) is 97.9. The van der Waals surface area contributed by atoms with Crippen LogP contribution in [-0.4, -0.2) is 219 Å². The molecular weight excluding hydrogens is 1680 g/mol. The predicted molar refractivity (Wildman–Crippen MR) is 551 cm³/mol. The molecule has 22 heteroatoms. The summed E-state index contributed by atoms with van der Waals surface area (Å²) < 4.78 is 29.7. The van der Waals surface area contributed by atoms with Gasteiger partial charge in [-0.2, -0.15) is 0 Å². The molecular formula is C112H173N9O13. The Kier molecular flexibility index (Phi) is 53.3. The van der Waals surface area contributed by atoms with Gasteiger partial charge in [0.05, 0.1) is 5.92 Å². The van der Waals surface area contributed by atoms with E-state index < -0.39 is 0 Å². The monoisotopic (exact) mass is 1850 g/mol. The summed E-state index contributed by atoms with van der Waals surface area (Å²) in [6.45, 7) is 47.3. The molecule has 0 radical (unpaired) electrons. The Morgan fingerprint density at radius 3 is 0.836 bits per heavy atom. The number of hydrogen-bond acceptors (Lipinski definition) is 18. The average Bonchev–Trinajstić information content (AvgIpc) is 0.858. The Hall–Kier alpha value is -9.45. The molecule has 1 unspecified atom stereocenters. The van der Waals surface area contributed by atoms with Crippen molar-refractivity contribution in [3.05, 3.63) is 186 Å². The fourth-order valence-corrected chi connectivity index (χ4v) is 16.3. The minimum Gasteiger partial charge on any atom is -0.508 e. The van der Waals surface area contributed by atoms with Crippen LogP contribution in [0.1, 0.15) is 290 Å². The Labute approximate surface area is 807 Å². The fraction of sp³-hybridized carbons (Fsp3) is 0.598. The van der Waals surface area contributed by atoms with Crippen molar-refractivity contribution in [2.24, 2.45) is 5.92 Å². The molecule has 5 aliphatic heterocycles. The molecule has 4 aromatic carbocycles. The maximum absolute atomic E-state index is 13.3. The first-order valence-corrected chi connectivity index (χ1v) is 50.7. The van der Waals surface area contributed by atoms with E-state index in [0.29, 0.717) is 130 Å². The largest absolute Gasteiger partial charge is 0.508 e. The van der Waals surface area contributed by atoms with Crippen LogP contribution in [0.2, 0.25) is 0 Å². The van der Waals surface area contributed by atoms with Gasteiger partial charge in [0.1, 0.15) is 46.0 Å². The average molecular weight is 1850 g/mol. The quantitative estimate of drug-likeness (QED) is 0.0120. The number of allylic oxidation sites excluding steroid dienone is 16. The highest BCUT2D eigenvalue weighted by Gasteiger charge is 2.31. The molecule has 0 spiro atoms. The number of aryl methyl sites for hydroxylation is 4. The van der Waals surface area contributed by atoms with Gasteiger partial charge in [0.2, 0.25) is 0 Å². The molecule has 5 N–H and O–H groups in total. The number of likely N-dealkylation sites (N-methyl/N-ethyl adjacent to an activating group) is 3. The Morgan fingerprint density at radius 1 is 0.321 bits per heavy atom. The van der Waals surface area contributed by atoms with Crippen molar-refractivity contribution in [1.29, 1.82) is 0 Å². The lowest BCUT2D eigenvalue weighted by Crippen LogP contribution is -2.48. The number of amides is 4. The molecule has 134 heavy (non-hydrogen) atoms. The summed E-state index contributed by atoms with van der Waals surface area (Å²) in [5, 5.41) is 38.7. The van der Waals surface area contributed by atoms with Crippen LogP contribution in [0.5, 0.6) is 46.0 Å². The van der Waals surface area contributed by atoms with E-state index in [1.165, 1.54) is 44.6 Å². The van der Waals surface area contributed by atoms with Gasteiger partial charge in [0, 0.05) is 134 Å². The van der Waals surface area contributed by atoms with Gasteiger partial charge in [0.25, 0.3) is 0 Å². The molecule has 0 aliphatic carbocycles. The molecule has 5 saturated heterocycles. The molecule has 5 heterocycles. The lowest BCUT2D eigenvalue weighted by Gasteiger charge is -2.32. The minimum absolute atomic E-state index is 0.106. The van der Waals surface area contributed by atoms with Crippen molar-refractivity contribution in [1.82, 2.24) is 44.9 Å². The zero-order valence-corrected chi connectivity index (χ0v) is 86.1. The van der Waals surface area contributed by atoms with Crippen LogP contribution in [0.3, 0.4) is 0 Å². The van der Waals surface area contributed by atoms with Crippen LogP contribution >= 0.6 is 0 Å². The number of esters is 1. The van der Waals surface area contributed by atoms with Crippen LogP contribution in [0.4, 0.5) is 19.2 Å². The molecule has 0 saturated carbocycles. The van der Waals surface area contributed by atoms with Crippen LogP contribution in [-0.2, 0) is 56.2 Å². The molecule has 5 aliphatic rings. The minimum atomic E-state index is -0.342. The lowest BCUT2D eigenvalue weighted by molar-refractivity contribution is -0.138. The number of piperazine rings is 4. The van der Waals surface area contributed by atoms with Crippen molar-refractivity contribution < 1.29 is 63.0 Å². The van der Waals surface area contributed by atoms with Gasteiger partial charge in [-0.15, -0.1) is 0 Å². The number of rotatable bonds is 42. The lowest BCUT2D eigenvalue weighted by atomic mass is 10.00. The second-order valence-electron chi connectivity index (χ2n) is 38.7. The van der Waals surface area contributed by atoms with E-state index in [1.54, 1.807) is 19.6 Å². The van der Waals surface area contributed by atoms with E-state index in [-0.39, 0.29) is 53.5 Å². The number of phenolic OH excluding ortho intramolecular Hbond substituents is 3. The number of benzene rings is 4. The first kappa shape index (κ1) is 113. The topological polar surface area (TPSA) is 239 Å². The second kappa shape index (κ2) is 63.1. The molecule has 0 aromatic heterocycles. The van der Waals surface area contributed by atoms with Crippen LogP contribution in [0.25, 0.3) is 0 Å². The first-order valence-electron chi connectivity index (χ1n) is 50.7. The van der Waals surface area contributed by atoms with E-state index >= 15 is 0 Å².